The Morgan fingerprint density at radius 2 is 2.32 bits per heavy atom. The van der Waals surface area contributed by atoms with Crippen molar-refractivity contribution < 1.29 is 13.2 Å². The highest BCUT2D eigenvalue weighted by Crippen LogP contribution is 2.15. The van der Waals surface area contributed by atoms with Gasteiger partial charge in [0, 0.05) is 24.7 Å². The zero-order chi connectivity index (χ0) is 13.9. The van der Waals surface area contributed by atoms with Gasteiger partial charge in [-0.2, -0.15) is 0 Å². The Balaban J connectivity index is 1.98. The monoisotopic (exact) mass is 304 g/mol. The van der Waals surface area contributed by atoms with Crippen molar-refractivity contribution in [3.8, 4) is 0 Å². The molecule has 0 aliphatic carbocycles. The maximum Gasteiger partial charge on any atom is 0.240 e. The van der Waals surface area contributed by atoms with Gasteiger partial charge < -0.3 is 9.64 Å². The van der Waals surface area contributed by atoms with Crippen molar-refractivity contribution in [1.82, 2.24) is 9.62 Å². The zero-order valence-corrected chi connectivity index (χ0v) is 12.2. The number of nitrogens with one attached hydrogen (secondary N) is 1. The molecule has 0 spiro atoms. The first kappa shape index (κ1) is 14.7. The minimum atomic E-state index is -3.53. The van der Waals surface area contributed by atoms with Crippen LogP contribution in [-0.4, -0.2) is 52.7 Å². The third-order valence-corrected chi connectivity index (χ3v) is 4.61. The largest absolute Gasteiger partial charge is 0.374 e. The van der Waals surface area contributed by atoms with E-state index in [-0.39, 0.29) is 17.5 Å². The summed E-state index contributed by atoms with van der Waals surface area (Å²) in [5, 5.41) is 0.400. The molecule has 1 unspecified atom stereocenters. The third-order valence-electron chi connectivity index (χ3n) is 2.95. The van der Waals surface area contributed by atoms with Crippen LogP contribution < -0.4 is 4.72 Å². The zero-order valence-electron chi connectivity index (χ0n) is 10.7. The Bertz CT molecular complexity index is 536. The van der Waals surface area contributed by atoms with Crippen molar-refractivity contribution in [2.45, 2.75) is 11.0 Å². The van der Waals surface area contributed by atoms with Crippen LogP contribution in [0.1, 0.15) is 0 Å². The summed E-state index contributed by atoms with van der Waals surface area (Å²) in [6.07, 6.45) is -0.118. The Morgan fingerprint density at radius 3 is 3.00 bits per heavy atom. The van der Waals surface area contributed by atoms with Crippen LogP contribution in [0.15, 0.2) is 29.2 Å². The molecule has 1 heterocycles. The highest BCUT2D eigenvalue weighted by atomic mass is 35.5. The molecule has 1 aliphatic heterocycles. The third kappa shape index (κ3) is 4.15. The van der Waals surface area contributed by atoms with Gasteiger partial charge in [-0.1, -0.05) is 17.7 Å². The summed E-state index contributed by atoms with van der Waals surface area (Å²) in [5.74, 6) is 0. The van der Waals surface area contributed by atoms with Crippen LogP contribution in [0.4, 0.5) is 0 Å². The highest BCUT2D eigenvalue weighted by Gasteiger charge is 2.21. The first-order valence-electron chi connectivity index (χ1n) is 6.03. The predicted molar refractivity (Wildman–Crippen MR) is 73.9 cm³/mol. The van der Waals surface area contributed by atoms with Crippen molar-refractivity contribution in [2.75, 3.05) is 33.3 Å². The number of nitrogens with zero attached hydrogens (tertiary/aromatic N) is 1. The molecule has 1 N–H and O–H groups in total. The maximum atomic E-state index is 12.1. The SMILES string of the molecule is CN1CCOC(CNS(=O)(=O)c2cccc(Cl)c2)C1. The molecule has 1 aliphatic rings. The van der Waals surface area contributed by atoms with Crippen molar-refractivity contribution in [3.05, 3.63) is 29.3 Å². The van der Waals surface area contributed by atoms with E-state index in [2.05, 4.69) is 9.62 Å². The second-order valence-corrected chi connectivity index (χ2v) is 6.77. The molecule has 0 bridgehead atoms. The minimum Gasteiger partial charge on any atom is -0.374 e. The van der Waals surface area contributed by atoms with Crippen molar-refractivity contribution in [1.29, 1.82) is 0 Å². The smallest absolute Gasteiger partial charge is 0.240 e. The Morgan fingerprint density at radius 1 is 1.53 bits per heavy atom. The van der Waals surface area contributed by atoms with Gasteiger partial charge in [0.2, 0.25) is 10.0 Å². The Kier molecular flexibility index (Phi) is 4.81. The van der Waals surface area contributed by atoms with Crippen LogP contribution in [0, 0.1) is 0 Å². The van der Waals surface area contributed by atoms with Crippen LogP contribution in [0.25, 0.3) is 0 Å². The molecule has 2 rings (SSSR count). The fraction of sp³-hybridized carbons (Fsp3) is 0.500. The molecule has 19 heavy (non-hydrogen) atoms. The Labute approximate surface area is 118 Å². The summed E-state index contributed by atoms with van der Waals surface area (Å²) < 4.78 is 32.2. The first-order valence-corrected chi connectivity index (χ1v) is 7.89. The minimum absolute atomic E-state index is 0.118. The van der Waals surface area contributed by atoms with Crippen LogP contribution in [-0.2, 0) is 14.8 Å². The maximum absolute atomic E-state index is 12.1. The molecule has 1 atom stereocenters. The van der Waals surface area contributed by atoms with E-state index in [4.69, 9.17) is 16.3 Å². The van der Waals surface area contributed by atoms with Crippen LogP contribution in [0.3, 0.4) is 0 Å². The molecule has 1 aromatic rings. The van der Waals surface area contributed by atoms with Gasteiger partial charge in [-0.05, 0) is 25.2 Å². The molecule has 5 nitrogen and oxygen atoms in total. The van der Waals surface area contributed by atoms with E-state index in [0.29, 0.717) is 11.6 Å². The van der Waals surface area contributed by atoms with Crippen LogP contribution in [0.5, 0.6) is 0 Å². The standard InChI is InChI=1S/C12H17ClN2O3S/c1-15-5-6-18-11(9-15)8-14-19(16,17)12-4-2-3-10(13)7-12/h2-4,7,11,14H,5-6,8-9H2,1H3. The van der Waals surface area contributed by atoms with Gasteiger partial charge in [-0.25, -0.2) is 13.1 Å². The Hall–Kier alpha value is -0.660. The van der Waals surface area contributed by atoms with Gasteiger partial charge in [0.15, 0.2) is 0 Å². The number of hydrogen-bond donors (Lipinski definition) is 1. The lowest BCUT2D eigenvalue weighted by Crippen LogP contribution is -2.45. The van der Waals surface area contributed by atoms with E-state index in [1.165, 1.54) is 12.1 Å². The molecule has 106 valence electrons. The van der Waals surface area contributed by atoms with Gasteiger partial charge in [-0.15, -0.1) is 0 Å². The lowest BCUT2D eigenvalue weighted by atomic mass is 10.3. The lowest BCUT2D eigenvalue weighted by molar-refractivity contribution is -0.0156. The summed E-state index contributed by atoms with van der Waals surface area (Å²) in [6, 6.07) is 6.20. The predicted octanol–water partition coefficient (Wildman–Crippen LogP) is 0.949. The van der Waals surface area contributed by atoms with Crippen molar-refractivity contribution in [3.63, 3.8) is 0 Å². The molecular weight excluding hydrogens is 288 g/mol. The summed E-state index contributed by atoms with van der Waals surface area (Å²) in [5.41, 5.74) is 0. The van der Waals surface area contributed by atoms with Gasteiger partial charge in [0.1, 0.15) is 0 Å². The van der Waals surface area contributed by atoms with Crippen molar-refractivity contribution in [2.24, 2.45) is 0 Å². The van der Waals surface area contributed by atoms with Crippen molar-refractivity contribution >= 4 is 21.6 Å². The topological polar surface area (TPSA) is 58.6 Å². The van der Waals surface area contributed by atoms with E-state index < -0.39 is 10.0 Å². The number of benzene rings is 1. The van der Waals surface area contributed by atoms with Crippen LogP contribution in [0.2, 0.25) is 5.02 Å². The summed E-state index contributed by atoms with van der Waals surface area (Å²) in [6.45, 7) is 2.48. The molecule has 0 aromatic heterocycles. The summed E-state index contributed by atoms with van der Waals surface area (Å²) in [4.78, 5) is 2.28. The number of morpholine rings is 1. The lowest BCUT2D eigenvalue weighted by Gasteiger charge is -2.30. The summed E-state index contributed by atoms with van der Waals surface area (Å²) in [7, 11) is -1.55. The second-order valence-electron chi connectivity index (χ2n) is 4.56. The average molecular weight is 305 g/mol. The molecular formula is C12H17ClN2O3S. The van der Waals surface area contributed by atoms with E-state index in [0.717, 1.165) is 13.1 Å². The average Bonchev–Trinajstić information content (AvgIpc) is 2.37. The van der Waals surface area contributed by atoms with Gasteiger partial charge in [-0.3, -0.25) is 0 Å². The molecule has 1 aromatic carbocycles. The van der Waals surface area contributed by atoms with Crippen LogP contribution >= 0.6 is 11.6 Å². The fourth-order valence-electron chi connectivity index (χ4n) is 1.91. The first-order chi connectivity index (χ1) is 8.97. The molecule has 1 saturated heterocycles. The number of likely N-dealkylation sites (N-methyl/N-ethyl adjacent to an activating group) is 1. The van der Waals surface area contributed by atoms with Gasteiger partial charge >= 0.3 is 0 Å². The quantitative estimate of drug-likeness (QED) is 0.900. The van der Waals surface area contributed by atoms with Gasteiger partial charge in [0.25, 0.3) is 0 Å². The fourth-order valence-corrected chi connectivity index (χ4v) is 3.28. The molecule has 7 heteroatoms. The number of ether oxygens (including phenoxy) is 1. The van der Waals surface area contributed by atoms with E-state index >= 15 is 0 Å². The number of halogens is 1. The molecule has 0 amide bonds. The molecule has 0 saturated carbocycles. The van der Waals surface area contributed by atoms with Gasteiger partial charge in [0.05, 0.1) is 17.6 Å². The second kappa shape index (κ2) is 6.19. The molecule has 0 radical (unpaired) electrons. The van der Waals surface area contributed by atoms with E-state index in [9.17, 15) is 8.42 Å². The molecule has 1 fully saturated rings. The normalized spacial score (nSPS) is 21.5. The number of sulfonamides is 1. The van der Waals surface area contributed by atoms with E-state index in [1.807, 2.05) is 7.05 Å². The highest BCUT2D eigenvalue weighted by molar-refractivity contribution is 7.89. The number of hydrogen-bond acceptors (Lipinski definition) is 4. The summed E-state index contributed by atoms with van der Waals surface area (Å²) >= 11 is 5.80. The van der Waals surface area contributed by atoms with E-state index in [1.54, 1.807) is 12.1 Å². The number of rotatable bonds is 4.